The smallest absolute Gasteiger partial charge is 0.129 e. The number of nitrogens with zero attached hydrogens (tertiary/aromatic N) is 2. The van der Waals surface area contributed by atoms with Crippen LogP contribution in [0.1, 0.15) is 18.7 Å². The molecule has 0 atom stereocenters. The Morgan fingerprint density at radius 1 is 1.26 bits per heavy atom. The average Bonchev–Trinajstić information content (AvgIpc) is 2.87. The van der Waals surface area contributed by atoms with Gasteiger partial charge in [-0.3, -0.25) is 0 Å². The van der Waals surface area contributed by atoms with Gasteiger partial charge < -0.3 is 5.32 Å². The molecule has 2 aromatic rings. The topological polar surface area (TPSA) is 37.8 Å². The Morgan fingerprint density at radius 3 is 2.84 bits per heavy atom. The van der Waals surface area contributed by atoms with Crippen LogP contribution in [0.5, 0.6) is 0 Å². The van der Waals surface area contributed by atoms with Gasteiger partial charge >= 0.3 is 0 Å². The SMILES string of the molecule is Brc1ccc(-c2ccnc(CC3CCNCC3)n2)s1. The summed E-state index contributed by atoms with van der Waals surface area (Å²) in [6, 6.07) is 6.16. The second-order valence-electron chi connectivity index (χ2n) is 4.86. The summed E-state index contributed by atoms with van der Waals surface area (Å²) >= 11 is 5.21. The van der Waals surface area contributed by atoms with Crippen LogP contribution in [0.4, 0.5) is 0 Å². The number of nitrogens with one attached hydrogen (secondary N) is 1. The first-order valence-electron chi connectivity index (χ1n) is 6.59. The van der Waals surface area contributed by atoms with Crippen molar-refractivity contribution in [2.45, 2.75) is 19.3 Å². The van der Waals surface area contributed by atoms with E-state index < -0.39 is 0 Å². The normalized spacial score (nSPS) is 16.7. The first-order valence-corrected chi connectivity index (χ1v) is 8.20. The Bertz CT molecular complexity index is 549. The molecular formula is C14H16BrN3S. The number of piperidine rings is 1. The third-order valence-corrected chi connectivity index (χ3v) is 5.11. The lowest BCUT2D eigenvalue weighted by molar-refractivity contribution is 0.367. The van der Waals surface area contributed by atoms with Gasteiger partial charge in [0, 0.05) is 12.6 Å². The molecule has 3 heterocycles. The number of rotatable bonds is 3. The number of hydrogen-bond acceptors (Lipinski definition) is 4. The van der Waals surface area contributed by atoms with Gasteiger partial charge in [0.2, 0.25) is 0 Å². The third-order valence-electron chi connectivity index (χ3n) is 3.46. The van der Waals surface area contributed by atoms with Crippen LogP contribution < -0.4 is 5.32 Å². The van der Waals surface area contributed by atoms with Gasteiger partial charge in [-0.05, 0) is 66.0 Å². The maximum Gasteiger partial charge on any atom is 0.129 e. The van der Waals surface area contributed by atoms with Crippen molar-refractivity contribution < 1.29 is 0 Å². The predicted molar refractivity (Wildman–Crippen MR) is 82.3 cm³/mol. The summed E-state index contributed by atoms with van der Waals surface area (Å²) < 4.78 is 1.14. The molecule has 5 heteroatoms. The molecule has 2 aromatic heterocycles. The van der Waals surface area contributed by atoms with Crippen molar-refractivity contribution in [3.05, 3.63) is 34.0 Å². The minimum atomic E-state index is 0.728. The van der Waals surface area contributed by atoms with Gasteiger partial charge in [0.15, 0.2) is 0 Å². The minimum Gasteiger partial charge on any atom is -0.317 e. The molecule has 0 aromatic carbocycles. The fourth-order valence-electron chi connectivity index (χ4n) is 2.43. The molecule has 3 nitrogen and oxygen atoms in total. The molecule has 1 N–H and O–H groups in total. The van der Waals surface area contributed by atoms with Crippen LogP contribution in [0.2, 0.25) is 0 Å². The Balaban J connectivity index is 1.75. The molecule has 1 aliphatic rings. The first kappa shape index (κ1) is 13.2. The lowest BCUT2D eigenvalue weighted by Gasteiger charge is -2.21. The van der Waals surface area contributed by atoms with E-state index in [1.165, 1.54) is 17.7 Å². The van der Waals surface area contributed by atoms with E-state index in [0.29, 0.717) is 0 Å². The minimum absolute atomic E-state index is 0.728. The van der Waals surface area contributed by atoms with Crippen LogP contribution in [0.3, 0.4) is 0 Å². The van der Waals surface area contributed by atoms with Crippen LogP contribution >= 0.6 is 27.3 Å². The van der Waals surface area contributed by atoms with Crippen molar-refractivity contribution in [1.82, 2.24) is 15.3 Å². The van der Waals surface area contributed by atoms with Crippen molar-refractivity contribution >= 4 is 27.3 Å². The quantitative estimate of drug-likeness (QED) is 0.931. The van der Waals surface area contributed by atoms with E-state index in [0.717, 1.165) is 40.7 Å². The van der Waals surface area contributed by atoms with E-state index in [-0.39, 0.29) is 0 Å². The van der Waals surface area contributed by atoms with Gasteiger partial charge in [-0.15, -0.1) is 11.3 Å². The lowest BCUT2D eigenvalue weighted by Crippen LogP contribution is -2.29. The molecule has 3 rings (SSSR count). The highest BCUT2D eigenvalue weighted by atomic mass is 79.9. The fourth-order valence-corrected chi connectivity index (χ4v) is 3.79. The van der Waals surface area contributed by atoms with Gasteiger partial charge in [0.1, 0.15) is 5.82 Å². The van der Waals surface area contributed by atoms with Gasteiger partial charge in [0.25, 0.3) is 0 Å². The molecule has 1 saturated heterocycles. The average molecular weight is 338 g/mol. The Hall–Kier alpha value is -0.780. The van der Waals surface area contributed by atoms with E-state index >= 15 is 0 Å². The maximum absolute atomic E-state index is 4.71. The molecule has 0 amide bonds. The lowest BCUT2D eigenvalue weighted by atomic mass is 9.94. The van der Waals surface area contributed by atoms with Gasteiger partial charge in [-0.25, -0.2) is 9.97 Å². The molecule has 0 radical (unpaired) electrons. The number of hydrogen-bond donors (Lipinski definition) is 1. The zero-order chi connectivity index (χ0) is 13.1. The third kappa shape index (κ3) is 3.41. The summed E-state index contributed by atoms with van der Waals surface area (Å²) in [6.45, 7) is 2.25. The van der Waals surface area contributed by atoms with Crippen LogP contribution in [-0.4, -0.2) is 23.1 Å². The van der Waals surface area contributed by atoms with Crippen LogP contribution in [0.15, 0.2) is 28.2 Å². The summed E-state index contributed by atoms with van der Waals surface area (Å²) in [5.41, 5.74) is 1.04. The largest absolute Gasteiger partial charge is 0.317 e. The van der Waals surface area contributed by atoms with E-state index in [2.05, 4.69) is 38.4 Å². The maximum atomic E-state index is 4.71. The van der Waals surface area contributed by atoms with Crippen molar-refractivity contribution in [2.75, 3.05) is 13.1 Å². The van der Waals surface area contributed by atoms with Crippen molar-refractivity contribution in [3.63, 3.8) is 0 Å². The standard InChI is InChI=1S/C14H16BrN3S/c15-13-2-1-12(19-13)11-5-8-17-14(18-11)9-10-3-6-16-7-4-10/h1-2,5,8,10,16H,3-4,6-7,9H2. The summed E-state index contributed by atoms with van der Waals surface area (Å²) in [7, 11) is 0. The van der Waals surface area contributed by atoms with E-state index in [9.17, 15) is 0 Å². The molecule has 0 saturated carbocycles. The van der Waals surface area contributed by atoms with Gasteiger partial charge in [0.05, 0.1) is 14.4 Å². The highest BCUT2D eigenvalue weighted by Crippen LogP contribution is 2.30. The van der Waals surface area contributed by atoms with Crippen LogP contribution in [-0.2, 0) is 6.42 Å². The molecule has 0 aliphatic carbocycles. The summed E-state index contributed by atoms with van der Waals surface area (Å²) in [5, 5.41) is 3.40. The van der Waals surface area contributed by atoms with Crippen molar-refractivity contribution in [2.24, 2.45) is 5.92 Å². The molecule has 100 valence electrons. The zero-order valence-electron chi connectivity index (χ0n) is 10.6. The van der Waals surface area contributed by atoms with Crippen molar-refractivity contribution in [3.8, 4) is 10.6 Å². The molecule has 0 spiro atoms. The highest BCUT2D eigenvalue weighted by Gasteiger charge is 2.15. The predicted octanol–water partition coefficient (Wildman–Crippen LogP) is 3.51. The summed E-state index contributed by atoms with van der Waals surface area (Å²) in [5.74, 6) is 1.71. The van der Waals surface area contributed by atoms with Gasteiger partial charge in [-0.2, -0.15) is 0 Å². The van der Waals surface area contributed by atoms with Crippen LogP contribution in [0, 0.1) is 5.92 Å². The summed E-state index contributed by atoms with van der Waals surface area (Å²) in [4.78, 5) is 10.3. The van der Waals surface area contributed by atoms with Gasteiger partial charge in [-0.1, -0.05) is 0 Å². The molecule has 0 bridgehead atoms. The molecule has 1 fully saturated rings. The van der Waals surface area contributed by atoms with Crippen LogP contribution in [0.25, 0.3) is 10.6 Å². The number of halogens is 1. The fraction of sp³-hybridized carbons (Fsp3) is 0.429. The van der Waals surface area contributed by atoms with E-state index in [1.807, 2.05) is 12.3 Å². The second-order valence-corrected chi connectivity index (χ2v) is 7.32. The monoisotopic (exact) mass is 337 g/mol. The summed E-state index contributed by atoms with van der Waals surface area (Å²) in [6.07, 6.45) is 5.35. The Morgan fingerprint density at radius 2 is 2.11 bits per heavy atom. The molecule has 0 unspecified atom stereocenters. The highest BCUT2D eigenvalue weighted by molar-refractivity contribution is 9.11. The Kier molecular flexibility index (Phi) is 4.25. The molecule has 19 heavy (non-hydrogen) atoms. The first-order chi connectivity index (χ1) is 9.31. The number of aromatic nitrogens is 2. The number of thiophene rings is 1. The van der Waals surface area contributed by atoms with E-state index in [4.69, 9.17) is 4.98 Å². The second kappa shape index (κ2) is 6.11. The Labute approximate surface area is 125 Å². The molecular weight excluding hydrogens is 322 g/mol. The molecule has 1 aliphatic heterocycles. The zero-order valence-corrected chi connectivity index (χ0v) is 13.0. The van der Waals surface area contributed by atoms with Crippen molar-refractivity contribution in [1.29, 1.82) is 0 Å². The van der Waals surface area contributed by atoms with E-state index in [1.54, 1.807) is 11.3 Å².